The van der Waals surface area contributed by atoms with Crippen molar-refractivity contribution in [2.75, 3.05) is 13.1 Å². The van der Waals surface area contributed by atoms with E-state index in [1.54, 1.807) is 0 Å². The normalized spacial score (nSPS) is 25.3. The number of cyclic esters (lactones) is 2. The number of carbonyl (C=O) groups is 2. The van der Waals surface area contributed by atoms with Gasteiger partial charge in [0.05, 0.1) is 6.54 Å². The molecule has 0 aliphatic carbocycles. The zero-order valence-electron chi connectivity index (χ0n) is 8.57. The molecule has 2 heterocycles. The number of nitrogens with one attached hydrogen (secondary N) is 1. The highest BCUT2D eigenvalue weighted by atomic mass is 16.7. The zero-order chi connectivity index (χ0) is 11.1. The van der Waals surface area contributed by atoms with Crippen LogP contribution in [0.25, 0.3) is 0 Å². The minimum Gasteiger partial charge on any atom is -0.422 e. The molecule has 15 heavy (non-hydrogen) atoms. The lowest BCUT2D eigenvalue weighted by Gasteiger charge is -2.32. The van der Waals surface area contributed by atoms with Gasteiger partial charge in [-0.3, -0.25) is 14.6 Å². The Bertz CT molecular complexity index is 328. The van der Waals surface area contributed by atoms with Gasteiger partial charge in [-0.05, 0) is 0 Å². The van der Waals surface area contributed by atoms with Gasteiger partial charge in [0.1, 0.15) is 5.84 Å². The van der Waals surface area contributed by atoms with E-state index < -0.39 is 23.6 Å². The van der Waals surface area contributed by atoms with Crippen molar-refractivity contribution in [3.63, 3.8) is 0 Å². The predicted octanol–water partition coefficient (Wildman–Crippen LogP) is -0.560. The zero-order valence-corrected chi connectivity index (χ0v) is 8.57. The third-order valence-electron chi connectivity index (χ3n) is 2.14. The van der Waals surface area contributed by atoms with E-state index in [0.29, 0.717) is 18.9 Å². The molecule has 0 unspecified atom stereocenters. The van der Waals surface area contributed by atoms with Crippen LogP contribution in [0.1, 0.15) is 13.8 Å². The van der Waals surface area contributed by atoms with Gasteiger partial charge < -0.3 is 14.8 Å². The molecule has 0 radical (unpaired) electrons. The lowest BCUT2D eigenvalue weighted by atomic mass is 10.1. The summed E-state index contributed by atoms with van der Waals surface area (Å²) in [5.41, 5.74) is 0. The smallest absolute Gasteiger partial charge is 0.331 e. The van der Waals surface area contributed by atoms with E-state index in [1.807, 2.05) is 0 Å². The molecular weight excluding hydrogens is 200 g/mol. The monoisotopic (exact) mass is 212 g/mol. The van der Waals surface area contributed by atoms with Gasteiger partial charge in [-0.15, -0.1) is 0 Å². The van der Waals surface area contributed by atoms with Crippen LogP contribution in [-0.2, 0) is 19.1 Å². The number of rotatable bonds is 1. The molecule has 82 valence electrons. The van der Waals surface area contributed by atoms with Crippen molar-refractivity contribution in [2.24, 2.45) is 10.9 Å². The van der Waals surface area contributed by atoms with Gasteiger partial charge in [0.15, 0.2) is 0 Å². The van der Waals surface area contributed by atoms with E-state index in [1.165, 1.54) is 13.8 Å². The molecule has 0 amide bonds. The largest absolute Gasteiger partial charge is 0.422 e. The summed E-state index contributed by atoms with van der Waals surface area (Å²) in [6.45, 7) is 4.23. The molecule has 2 rings (SSSR count). The molecule has 0 bridgehead atoms. The average molecular weight is 212 g/mol. The fourth-order valence-electron chi connectivity index (χ4n) is 1.55. The maximum atomic E-state index is 11.6. The molecule has 0 aromatic carbocycles. The molecule has 2 aliphatic heterocycles. The van der Waals surface area contributed by atoms with Gasteiger partial charge in [-0.25, -0.2) is 0 Å². The summed E-state index contributed by atoms with van der Waals surface area (Å²) in [6.07, 6.45) is 0. The van der Waals surface area contributed by atoms with Crippen molar-refractivity contribution in [3.05, 3.63) is 0 Å². The van der Waals surface area contributed by atoms with Crippen LogP contribution < -0.4 is 5.32 Å². The first-order chi connectivity index (χ1) is 6.99. The predicted molar refractivity (Wildman–Crippen MR) is 50.1 cm³/mol. The first kappa shape index (κ1) is 9.95. The molecule has 0 atom stereocenters. The van der Waals surface area contributed by atoms with Gasteiger partial charge in [0, 0.05) is 20.4 Å². The van der Waals surface area contributed by atoms with Crippen molar-refractivity contribution in [1.82, 2.24) is 5.32 Å². The fraction of sp³-hybridized carbons (Fsp3) is 0.667. The number of amidine groups is 1. The molecule has 0 aromatic rings. The highest BCUT2D eigenvalue weighted by molar-refractivity contribution is 6.17. The maximum Gasteiger partial charge on any atom is 0.331 e. The average Bonchev–Trinajstić information content (AvgIpc) is 2.52. The van der Waals surface area contributed by atoms with Crippen LogP contribution in [-0.4, -0.2) is 36.7 Å². The second-order valence-corrected chi connectivity index (χ2v) is 3.87. The molecule has 0 aromatic heterocycles. The standard InChI is InChI=1S/C9H12N2O4/c1-9(2)14-7(12)5(8(13)15-9)6-10-3-4-11-6/h5H,3-4H2,1-2H3,(H,10,11). The van der Waals surface area contributed by atoms with Gasteiger partial charge in [-0.2, -0.15) is 0 Å². The SMILES string of the molecule is CC1(C)OC(=O)C(C2=NCCN2)C(=O)O1. The number of hydrogen-bond acceptors (Lipinski definition) is 6. The minimum atomic E-state index is -1.18. The first-order valence-electron chi connectivity index (χ1n) is 4.73. The van der Waals surface area contributed by atoms with E-state index >= 15 is 0 Å². The first-order valence-corrected chi connectivity index (χ1v) is 4.73. The summed E-state index contributed by atoms with van der Waals surface area (Å²) in [4.78, 5) is 27.1. The molecule has 1 N–H and O–H groups in total. The fourth-order valence-corrected chi connectivity index (χ4v) is 1.55. The van der Waals surface area contributed by atoms with Crippen LogP contribution in [0, 0.1) is 5.92 Å². The Labute approximate surface area is 86.6 Å². The third-order valence-corrected chi connectivity index (χ3v) is 2.14. The lowest BCUT2D eigenvalue weighted by molar-refractivity contribution is -0.235. The number of ether oxygens (including phenoxy) is 2. The van der Waals surface area contributed by atoms with Crippen LogP contribution in [0.4, 0.5) is 0 Å². The van der Waals surface area contributed by atoms with Crippen LogP contribution in [0.2, 0.25) is 0 Å². The number of carbonyl (C=O) groups excluding carboxylic acids is 2. The van der Waals surface area contributed by atoms with Crippen molar-refractivity contribution in [3.8, 4) is 0 Å². The second kappa shape index (κ2) is 3.22. The van der Waals surface area contributed by atoms with Crippen molar-refractivity contribution < 1.29 is 19.1 Å². The summed E-state index contributed by atoms with van der Waals surface area (Å²) in [5.74, 6) is -3.08. The van der Waals surface area contributed by atoms with E-state index in [4.69, 9.17) is 9.47 Å². The molecule has 0 spiro atoms. The Morgan fingerprint density at radius 2 is 1.93 bits per heavy atom. The number of aliphatic imine (C=N–C) groups is 1. The Kier molecular flexibility index (Phi) is 2.13. The van der Waals surface area contributed by atoms with Gasteiger partial charge in [0.25, 0.3) is 5.79 Å². The van der Waals surface area contributed by atoms with Gasteiger partial charge >= 0.3 is 11.9 Å². The third kappa shape index (κ3) is 1.79. The molecule has 1 fully saturated rings. The topological polar surface area (TPSA) is 77.0 Å². The van der Waals surface area contributed by atoms with Crippen molar-refractivity contribution in [1.29, 1.82) is 0 Å². The van der Waals surface area contributed by atoms with E-state index in [0.717, 1.165) is 0 Å². The van der Waals surface area contributed by atoms with Crippen molar-refractivity contribution in [2.45, 2.75) is 19.6 Å². The molecule has 6 nitrogen and oxygen atoms in total. The molecule has 1 saturated heterocycles. The summed E-state index contributed by atoms with van der Waals surface area (Å²) < 4.78 is 9.93. The molecule has 2 aliphatic rings. The van der Waals surface area contributed by atoms with Crippen LogP contribution in [0.3, 0.4) is 0 Å². The van der Waals surface area contributed by atoms with Crippen LogP contribution in [0.5, 0.6) is 0 Å². The Hall–Kier alpha value is -1.59. The van der Waals surface area contributed by atoms with E-state index in [-0.39, 0.29) is 0 Å². The Morgan fingerprint density at radius 1 is 1.33 bits per heavy atom. The molecule has 0 saturated carbocycles. The highest BCUT2D eigenvalue weighted by Gasteiger charge is 2.46. The van der Waals surface area contributed by atoms with E-state index in [9.17, 15) is 9.59 Å². The summed E-state index contributed by atoms with van der Waals surface area (Å²) in [6, 6.07) is 0. The lowest BCUT2D eigenvalue weighted by Crippen LogP contribution is -2.51. The molecular formula is C9H12N2O4. The minimum absolute atomic E-state index is 0.348. The second-order valence-electron chi connectivity index (χ2n) is 3.87. The van der Waals surface area contributed by atoms with Gasteiger partial charge in [0.2, 0.25) is 5.92 Å². The highest BCUT2D eigenvalue weighted by Crippen LogP contribution is 2.23. The van der Waals surface area contributed by atoms with Crippen LogP contribution >= 0.6 is 0 Å². The molecule has 6 heteroatoms. The number of nitrogens with zero attached hydrogens (tertiary/aromatic N) is 1. The number of hydrogen-bond donors (Lipinski definition) is 1. The van der Waals surface area contributed by atoms with Crippen LogP contribution in [0.15, 0.2) is 4.99 Å². The Morgan fingerprint density at radius 3 is 2.40 bits per heavy atom. The summed E-state index contributed by atoms with van der Waals surface area (Å²) in [7, 11) is 0. The maximum absolute atomic E-state index is 11.6. The summed E-state index contributed by atoms with van der Waals surface area (Å²) >= 11 is 0. The van der Waals surface area contributed by atoms with Gasteiger partial charge in [-0.1, -0.05) is 0 Å². The summed E-state index contributed by atoms with van der Waals surface area (Å²) in [5, 5.41) is 2.86. The Balaban J connectivity index is 2.20. The quantitative estimate of drug-likeness (QED) is 0.465. The number of esters is 2. The van der Waals surface area contributed by atoms with E-state index in [2.05, 4.69) is 10.3 Å². The van der Waals surface area contributed by atoms with Crippen molar-refractivity contribution >= 4 is 17.8 Å².